The highest BCUT2D eigenvalue weighted by Crippen LogP contribution is 2.76. The van der Waals surface area contributed by atoms with Crippen LogP contribution < -0.4 is 0 Å². The quantitative estimate of drug-likeness (QED) is 0.387. The zero-order valence-corrected chi connectivity index (χ0v) is 21.9. The fraction of sp³-hybridized carbons (Fsp3) is 0.933. The monoisotopic (exact) mass is 426 g/mol. The summed E-state index contributed by atoms with van der Waals surface area (Å²) in [6.45, 7) is 20.5. The van der Waals surface area contributed by atoms with Gasteiger partial charge in [-0.2, -0.15) is 0 Å². The van der Waals surface area contributed by atoms with E-state index in [4.69, 9.17) is 0 Å². The van der Waals surface area contributed by atoms with Crippen LogP contribution in [0, 0.1) is 50.2 Å². The first-order valence-corrected chi connectivity index (χ1v) is 13.6. The van der Waals surface area contributed by atoms with Crippen LogP contribution in [0.1, 0.15) is 120 Å². The summed E-state index contributed by atoms with van der Waals surface area (Å²) in [6.07, 6.45) is 15.8. The predicted molar refractivity (Wildman–Crippen MR) is 131 cm³/mol. The molecule has 0 aromatic rings. The Morgan fingerprint density at radius 2 is 1.42 bits per heavy atom. The van der Waals surface area contributed by atoms with Crippen molar-refractivity contribution in [1.82, 2.24) is 0 Å². The zero-order chi connectivity index (χ0) is 22.7. The van der Waals surface area contributed by atoms with Gasteiger partial charge in [0.05, 0.1) is 6.10 Å². The molecular formula is C30H50O. The molecule has 0 aliphatic heterocycles. The standard InChI is InChI=1S/C30H50O/c1-25(2)15-11-20-12-17-29(7)23(28(20,6)19-25)10-9-22-27(5)16-14-24(31)26(3,4)21(27)13-18-30(22,29)8/h12,21-24,31H,9-11,13-19H2,1-8H3/t21-,22+,23+,24-,27-,28-,29+,30+/m0/s1. The van der Waals surface area contributed by atoms with Gasteiger partial charge in [-0.05, 0) is 114 Å². The molecule has 0 bridgehead atoms. The van der Waals surface area contributed by atoms with Crippen LogP contribution in [0.2, 0.25) is 0 Å². The molecule has 0 aromatic carbocycles. The summed E-state index contributed by atoms with van der Waals surface area (Å²) in [5.74, 6) is 2.31. The third kappa shape index (κ3) is 2.71. The fourth-order valence-corrected chi connectivity index (χ4v) is 11.3. The van der Waals surface area contributed by atoms with E-state index in [1.165, 1.54) is 57.8 Å². The van der Waals surface area contributed by atoms with E-state index in [1.54, 1.807) is 0 Å². The summed E-state index contributed by atoms with van der Waals surface area (Å²) in [7, 11) is 0. The fourth-order valence-electron chi connectivity index (χ4n) is 11.3. The minimum Gasteiger partial charge on any atom is -0.393 e. The number of aliphatic hydroxyl groups excluding tert-OH is 1. The van der Waals surface area contributed by atoms with Crippen LogP contribution in [-0.4, -0.2) is 11.2 Å². The van der Waals surface area contributed by atoms with E-state index >= 15 is 0 Å². The number of fused-ring (bicyclic) bond motifs is 7. The summed E-state index contributed by atoms with van der Waals surface area (Å²) in [6, 6.07) is 0. The van der Waals surface area contributed by atoms with Crippen molar-refractivity contribution < 1.29 is 5.11 Å². The molecule has 1 heteroatoms. The molecule has 31 heavy (non-hydrogen) atoms. The molecule has 5 rings (SSSR count). The second-order valence-corrected chi connectivity index (χ2v) is 15.2. The maximum atomic E-state index is 10.9. The van der Waals surface area contributed by atoms with Crippen molar-refractivity contribution in [3.8, 4) is 0 Å². The van der Waals surface area contributed by atoms with Crippen LogP contribution in [-0.2, 0) is 0 Å². The highest BCUT2D eigenvalue weighted by Gasteiger charge is 2.69. The molecule has 4 saturated carbocycles. The van der Waals surface area contributed by atoms with Crippen molar-refractivity contribution in [2.24, 2.45) is 50.2 Å². The second kappa shape index (κ2) is 6.43. The summed E-state index contributed by atoms with van der Waals surface area (Å²) < 4.78 is 0. The van der Waals surface area contributed by atoms with E-state index < -0.39 is 0 Å². The van der Waals surface area contributed by atoms with Crippen LogP contribution in [0.5, 0.6) is 0 Å². The molecule has 0 spiro atoms. The lowest BCUT2D eigenvalue weighted by Gasteiger charge is -2.73. The minimum absolute atomic E-state index is 0.0606. The average Bonchev–Trinajstić information content (AvgIpc) is 2.64. The van der Waals surface area contributed by atoms with Gasteiger partial charge in [-0.1, -0.05) is 67.0 Å². The number of hydrogen-bond donors (Lipinski definition) is 1. The van der Waals surface area contributed by atoms with Crippen LogP contribution in [0.4, 0.5) is 0 Å². The van der Waals surface area contributed by atoms with Crippen molar-refractivity contribution in [1.29, 1.82) is 0 Å². The number of allylic oxidation sites excluding steroid dienone is 2. The molecule has 0 radical (unpaired) electrons. The molecule has 5 aliphatic carbocycles. The maximum absolute atomic E-state index is 10.9. The lowest BCUT2D eigenvalue weighted by Crippen LogP contribution is -2.66. The Morgan fingerprint density at radius 3 is 2.13 bits per heavy atom. The molecule has 176 valence electrons. The van der Waals surface area contributed by atoms with Gasteiger partial charge in [-0.3, -0.25) is 0 Å². The van der Waals surface area contributed by atoms with E-state index in [0.29, 0.717) is 33.0 Å². The first-order chi connectivity index (χ1) is 14.2. The highest BCUT2D eigenvalue weighted by molar-refractivity contribution is 5.29. The van der Waals surface area contributed by atoms with Crippen molar-refractivity contribution in [2.45, 2.75) is 126 Å². The topological polar surface area (TPSA) is 20.2 Å². The van der Waals surface area contributed by atoms with E-state index in [2.05, 4.69) is 61.5 Å². The van der Waals surface area contributed by atoms with Gasteiger partial charge >= 0.3 is 0 Å². The third-order valence-corrected chi connectivity index (χ3v) is 13.0. The van der Waals surface area contributed by atoms with E-state index in [-0.39, 0.29) is 11.5 Å². The summed E-state index contributed by atoms with van der Waals surface area (Å²) in [5, 5.41) is 10.9. The van der Waals surface area contributed by atoms with Crippen molar-refractivity contribution in [3.63, 3.8) is 0 Å². The van der Waals surface area contributed by atoms with Gasteiger partial charge in [0.1, 0.15) is 0 Å². The van der Waals surface area contributed by atoms with E-state index in [9.17, 15) is 5.11 Å². The normalized spacial score (nSPS) is 55.2. The van der Waals surface area contributed by atoms with E-state index in [0.717, 1.165) is 18.3 Å². The van der Waals surface area contributed by atoms with Crippen molar-refractivity contribution in [2.75, 3.05) is 0 Å². The Bertz CT molecular complexity index is 790. The molecule has 1 N–H and O–H groups in total. The molecule has 4 fully saturated rings. The summed E-state index contributed by atoms with van der Waals surface area (Å²) >= 11 is 0. The molecule has 0 heterocycles. The Hall–Kier alpha value is -0.300. The van der Waals surface area contributed by atoms with E-state index in [1.807, 2.05) is 5.57 Å². The largest absolute Gasteiger partial charge is 0.393 e. The van der Waals surface area contributed by atoms with Crippen molar-refractivity contribution in [3.05, 3.63) is 11.6 Å². The number of rotatable bonds is 0. The van der Waals surface area contributed by atoms with Gasteiger partial charge in [0.25, 0.3) is 0 Å². The first-order valence-electron chi connectivity index (χ1n) is 13.6. The average molecular weight is 427 g/mol. The summed E-state index contributed by atoms with van der Waals surface area (Å²) in [5.41, 5.74) is 3.99. The Balaban J connectivity index is 1.56. The lowest BCUT2D eigenvalue weighted by molar-refractivity contribution is -0.238. The lowest BCUT2D eigenvalue weighted by atomic mass is 9.32. The zero-order valence-electron chi connectivity index (χ0n) is 21.9. The maximum Gasteiger partial charge on any atom is 0.0594 e. The Labute approximate surface area is 192 Å². The molecule has 0 aromatic heterocycles. The molecule has 0 unspecified atom stereocenters. The smallest absolute Gasteiger partial charge is 0.0594 e. The highest BCUT2D eigenvalue weighted by atomic mass is 16.3. The second-order valence-electron chi connectivity index (χ2n) is 15.2. The molecule has 0 saturated heterocycles. The Kier molecular flexibility index (Phi) is 4.66. The molecule has 5 aliphatic rings. The number of hydrogen-bond acceptors (Lipinski definition) is 1. The van der Waals surface area contributed by atoms with Crippen LogP contribution >= 0.6 is 0 Å². The molecule has 8 atom stereocenters. The first kappa shape index (κ1) is 22.5. The SMILES string of the molecule is CC1(C)CCC2=CC[C@]3(C)[C@H](CC[C@@H]4[C@@]5(C)CC[C@H](O)C(C)(C)[C@@H]5CC[C@]43C)[C@@]2(C)C1. The van der Waals surface area contributed by atoms with Crippen LogP contribution in [0.3, 0.4) is 0 Å². The Morgan fingerprint density at radius 1 is 0.742 bits per heavy atom. The van der Waals surface area contributed by atoms with Gasteiger partial charge in [0.2, 0.25) is 0 Å². The molecule has 1 nitrogen and oxygen atoms in total. The van der Waals surface area contributed by atoms with Crippen LogP contribution in [0.25, 0.3) is 0 Å². The number of aliphatic hydroxyl groups is 1. The van der Waals surface area contributed by atoms with Gasteiger partial charge in [0.15, 0.2) is 0 Å². The molecule has 0 amide bonds. The van der Waals surface area contributed by atoms with Gasteiger partial charge in [-0.15, -0.1) is 0 Å². The molecular weight excluding hydrogens is 376 g/mol. The minimum atomic E-state index is -0.120. The summed E-state index contributed by atoms with van der Waals surface area (Å²) in [4.78, 5) is 0. The van der Waals surface area contributed by atoms with Gasteiger partial charge in [-0.25, -0.2) is 0 Å². The predicted octanol–water partition coefficient (Wildman–Crippen LogP) is 8.17. The van der Waals surface area contributed by atoms with Gasteiger partial charge in [0, 0.05) is 0 Å². The third-order valence-electron chi connectivity index (χ3n) is 13.0. The van der Waals surface area contributed by atoms with Gasteiger partial charge < -0.3 is 5.11 Å². The van der Waals surface area contributed by atoms with Crippen molar-refractivity contribution >= 4 is 0 Å². The van der Waals surface area contributed by atoms with Crippen LogP contribution in [0.15, 0.2) is 11.6 Å².